The maximum atomic E-state index is 12.9. The average Bonchev–Trinajstić information content (AvgIpc) is 3.26. The normalized spacial score (nSPS) is 15.5. The van der Waals surface area contributed by atoms with Gasteiger partial charge in [0.25, 0.3) is 0 Å². The number of benzene rings is 1. The zero-order chi connectivity index (χ0) is 15.5. The van der Waals surface area contributed by atoms with E-state index in [1.54, 1.807) is 18.3 Å². The number of carbonyl (C=O) groups excluding carboxylic acids is 1. The number of nitrogens with zero attached hydrogens (tertiary/aromatic N) is 1. The maximum absolute atomic E-state index is 12.9. The second-order valence-electron chi connectivity index (χ2n) is 6.03. The van der Waals surface area contributed by atoms with Crippen LogP contribution in [0.1, 0.15) is 43.2 Å². The summed E-state index contributed by atoms with van der Waals surface area (Å²) in [5, 5.41) is 9.83. The molecule has 1 saturated carbocycles. The lowest BCUT2D eigenvalue weighted by molar-refractivity contribution is -0.119. The summed E-state index contributed by atoms with van der Waals surface area (Å²) >= 11 is 0. The molecule has 1 fully saturated rings. The molecule has 22 heavy (non-hydrogen) atoms. The summed E-state index contributed by atoms with van der Waals surface area (Å²) in [6.45, 7) is 1.91. The molecular weight excluding hydrogens is 281 g/mol. The van der Waals surface area contributed by atoms with Crippen molar-refractivity contribution in [1.82, 2.24) is 10.2 Å². The smallest absolute Gasteiger partial charge is 0.228 e. The summed E-state index contributed by atoms with van der Waals surface area (Å²) < 4.78 is 12.9. The molecule has 2 aromatic rings. The molecule has 4 nitrogen and oxygen atoms in total. The number of halogens is 1. The molecule has 2 N–H and O–H groups in total. The van der Waals surface area contributed by atoms with Crippen molar-refractivity contribution >= 4 is 11.7 Å². The van der Waals surface area contributed by atoms with Gasteiger partial charge in [0.2, 0.25) is 5.91 Å². The molecule has 0 saturated heterocycles. The molecule has 1 aliphatic rings. The number of nitrogens with one attached hydrogen (secondary N) is 2. The molecule has 3 rings (SSSR count). The number of aromatic nitrogens is 2. The zero-order valence-corrected chi connectivity index (χ0v) is 12.6. The van der Waals surface area contributed by atoms with Crippen LogP contribution in [0.4, 0.5) is 10.2 Å². The molecule has 0 radical (unpaired) electrons. The largest absolute Gasteiger partial charge is 0.311 e. The van der Waals surface area contributed by atoms with E-state index in [4.69, 9.17) is 0 Å². The first-order valence-electron chi connectivity index (χ1n) is 7.72. The van der Waals surface area contributed by atoms with E-state index in [2.05, 4.69) is 15.5 Å². The van der Waals surface area contributed by atoms with Crippen LogP contribution < -0.4 is 5.32 Å². The van der Waals surface area contributed by atoms with Gasteiger partial charge in [-0.2, -0.15) is 5.10 Å². The van der Waals surface area contributed by atoms with Crippen molar-refractivity contribution in [3.63, 3.8) is 0 Å². The molecule has 1 aromatic heterocycles. The number of hydrogen-bond acceptors (Lipinski definition) is 2. The molecule has 1 unspecified atom stereocenters. The van der Waals surface area contributed by atoms with Gasteiger partial charge in [-0.25, -0.2) is 4.39 Å². The summed E-state index contributed by atoms with van der Waals surface area (Å²) in [6.07, 6.45) is 5.62. The zero-order valence-electron chi connectivity index (χ0n) is 12.6. The van der Waals surface area contributed by atoms with Crippen molar-refractivity contribution in [2.24, 2.45) is 5.92 Å². The third kappa shape index (κ3) is 3.53. The van der Waals surface area contributed by atoms with Crippen LogP contribution in [0.15, 0.2) is 30.5 Å². The van der Waals surface area contributed by atoms with E-state index in [-0.39, 0.29) is 17.6 Å². The van der Waals surface area contributed by atoms with Gasteiger partial charge >= 0.3 is 0 Å². The number of aromatic amines is 1. The SMILES string of the molecule is CC(CCc1ccc(F)cc1)C(=O)Nc1[nH]ncc1C1CC1. The van der Waals surface area contributed by atoms with E-state index in [1.807, 2.05) is 6.92 Å². The molecule has 0 spiro atoms. The van der Waals surface area contributed by atoms with Gasteiger partial charge in [0.15, 0.2) is 0 Å². The van der Waals surface area contributed by atoms with Gasteiger partial charge in [-0.15, -0.1) is 0 Å². The molecule has 0 bridgehead atoms. The lowest BCUT2D eigenvalue weighted by Gasteiger charge is -2.12. The Balaban J connectivity index is 1.53. The third-order valence-electron chi connectivity index (χ3n) is 4.16. The van der Waals surface area contributed by atoms with Crippen LogP contribution in [0.25, 0.3) is 0 Å². The first kappa shape index (κ1) is 14.8. The van der Waals surface area contributed by atoms with Crippen LogP contribution in [0.2, 0.25) is 0 Å². The highest BCUT2D eigenvalue weighted by Gasteiger charge is 2.28. The van der Waals surface area contributed by atoms with Gasteiger partial charge < -0.3 is 5.32 Å². The van der Waals surface area contributed by atoms with Gasteiger partial charge in [-0.3, -0.25) is 9.89 Å². The molecule has 1 heterocycles. The quantitative estimate of drug-likeness (QED) is 0.856. The maximum Gasteiger partial charge on any atom is 0.228 e. The van der Waals surface area contributed by atoms with Crippen LogP contribution in [0.5, 0.6) is 0 Å². The third-order valence-corrected chi connectivity index (χ3v) is 4.16. The molecule has 5 heteroatoms. The van der Waals surface area contributed by atoms with Crippen molar-refractivity contribution in [3.05, 3.63) is 47.4 Å². The number of H-pyrrole nitrogens is 1. The van der Waals surface area contributed by atoms with E-state index in [9.17, 15) is 9.18 Å². The Morgan fingerprint density at radius 2 is 2.14 bits per heavy atom. The minimum atomic E-state index is -0.235. The first-order valence-corrected chi connectivity index (χ1v) is 7.72. The van der Waals surface area contributed by atoms with Gasteiger partial charge in [-0.05, 0) is 49.3 Å². The monoisotopic (exact) mass is 301 g/mol. The second-order valence-corrected chi connectivity index (χ2v) is 6.03. The van der Waals surface area contributed by atoms with Crippen molar-refractivity contribution in [2.75, 3.05) is 5.32 Å². The fourth-order valence-electron chi connectivity index (χ4n) is 2.51. The molecule has 116 valence electrons. The summed E-state index contributed by atoms with van der Waals surface area (Å²) in [6, 6.07) is 6.43. The molecule has 1 aliphatic carbocycles. The van der Waals surface area contributed by atoms with Gasteiger partial charge in [0.1, 0.15) is 11.6 Å². The number of anilines is 1. The fraction of sp³-hybridized carbons (Fsp3) is 0.412. The molecular formula is C17H20FN3O. The number of rotatable bonds is 6. The number of amides is 1. The standard InChI is InChI=1S/C17H20FN3O/c1-11(2-3-12-4-8-14(18)9-5-12)17(22)20-16-15(10-19-21-16)13-6-7-13/h4-5,8-11,13H,2-3,6-7H2,1H3,(H2,19,20,21,22). The minimum Gasteiger partial charge on any atom is -0.311 e. The van der Waals surface area contributed by atoms with Gasteiger partial charge in [0.05, 0.1) is 6.20 Å². The van der Waals surface area contributed by atoms with E-state index >= 15 is 0 Å². The van der Waals surface area contributed by atoms with E-state index in [0.29, 0.717) is 5.92 Å². The van der Waals surface area contributed by atoms with E-state index in [0.717, 1.165) is 29.8 Å². The lowest BCUT2D eigenvalue weighted by atomic mass is 10.0. The summed E-state index contributed by atoms with van der Waals surface area (Å²) in [7, 11) is 0. The number of carbonyl (C=O) groups is 1. The predicted molar refractivity (Wildman–Crippen MR) is 83.1 cm³/mol. The van der Waals surface area contributed by atoms with E-state index < -0.39 is 0 Å². The van der Waals surface area contributed by atoms with Crippen LogP contribution >= 0.6 is 0 Å². The number of hydrogen-bond donors (Lipinski definition) is 2. The summed E-state index contributed by atoms with van der Waals surface area (Å²) in [5.74, 6) is 0.930. The van der Waals surface area contributed by atoms with Crippen molar-refractivity contribution in [2.45, 2.75) is 38.5 Å². The Labute approximate surface area is 129 Å². The van der Waals surface area contributed by atoms with Crippen LogP contribution in [-0.4, -0.2) is 16.1 Å². The molecule has 1 atom stereocenters. The van der Waals surface area contributed by atoms with Crippen LogP contribution in [-0.2, 0) is 11.2 Å². The summed E-state index contributed by atoms with van der Waals surface area (Å²) in [4.78, 5) is 12.3. The van der Waals surface area contributed by atoms with E-state index in [1.165, 1.54) is 25.0 Å². The molecule has 0 aliphatic heterocycles. The second kappa shape index (κ2) is 6.30. The topological polar surface area (TPSA) is 57.8 Å². The van der Waals surface area contributed by atoms with Crippen LogP contribution in [0.3, 0.4) is 0 Å². The molecule has 1 amide bonds. The van der Waals surface area contributed by atoms with Gasteiger partial charge in [-0.1, -0.05) is 19.1 Å². The Morgan fingerprint density at radius 3 is 2.82 bits per heavy atom. The van der Waals surface area contributed by atoms with Crippen LogP contribution in [0, 0.1) is 11.7 Å². The summed E-state index contributed by atoms with van der Waals surface area (Å²) in [5.41, 5.74) is 2.15. The van der Waals surface area contributed by atoms with Gasteiger partial charge in [0, 0.05) is 11.5 Å². The fourth-order valence-corrected chi connectivity index (χ4v) is 2.51. The highest BCUT2D eigenvalue weighted by Crippen LogP contribution is 2.42. The number of aryl methyl sites for hydroxylation is 1. The highest BCUT2D eigenvalue weighted by atomic mass is 19.1. The Morgan fingerprint density at radius 1 is 1.41 bits per heavy atom. The Bertz CT molecular complexity index is 646. The Hall–Kier alpha value is -2.17. The Kier molecular flexibility index (Phi) is 4.22. The highest BCUT2D eigenvalue weighted by molar-refractivity contribution is 5.92. The van der Waals surface area contributed by atoms with Crippen molar-refractivity contribution < 1.29 is 9.18 Å². The predicted octanol–water partition coefficient (Wildman–Crippen LogP) is 3.63. The lowest BCUT2D eigenvalue weighted by Crippen LogP contribution is -2.21. The first-order chi connectivity index (χ1) is 10.6. The molecule has 1 aromatic carbocycles. The van der Waals surface area contributed by atoms with Crippen molar-refractivity contribution in [1.29, 1.82) is 0 Å². The average molecular weight is 301 g/mol. The van der Waals surface area contributed by atoms with Crippen molar-refractivity contribution in [3.8, 4) is 0 Å². The minimum absolute atomic E-state index is 0.00624.